The van der Waals surface area contributed by atoms with Crippen LogP contribution in [-0.2, 0) is 0 Å². The average molecular weight is 325 g/mol. The van der Waals surface area contributed by atoms with Crippen molar-refractivity contribution in [2.45, 2.75) is 45.7 Å². The van der Waals surface area contributed by atoms with Gasteiger partial charge in [0.2, 0.25) is 0 Å². The number of nitrogens with zero attached hydrogens (tertiary/aromatic N) is 1. The molecule has 19 heavy (non-hydrogen) atoms. The lowest BCUT2D eigenvalue weighted by Gasteiger charge is -2.42. The summed E-state index contributed by atoms with van der Waals surface area (Å²) in [6, 6.07) is 7.55. The third kappa shape index (κ3) is 3.39. The van der Waals surface area contributed by atoms with Crippen molar-refractivity contribution in [2.24, 2.45) is 11.7 Å². The minimum Gasteiger partial charge on any atom is -0.329 e. The van der Waals surface area contributed by atoms with Crippen LogP contribution in [0, 0.1) is 12.8 Å². The minimum atomic E-state index is 0.327. The van der Waals surface area contributed by atoms with Crippen molar-refractivity contribution < 1.29 is 0 Å². The molecule has 1 aliphatic rings. The standard InChI is InChI=1S/C16H25BrN2/c1-11-5-7-14(15(17)8-11)16(9-18)19-10-12(2)4-6-13(19)3/h5,7-8,12-13,16H,4,6,9-10,18H2,1-3H3. The monoisotopic (exact) mass is 324 g/mol. The van der Waals surface area contributed by atoms with Gasteiger partial charge in [0.25, 0.3) is 0 Å². The van der Waals surface area contributed by atoms with Crippen LogP contribution in [0.4, 0.5) is 0 Å². The molecule has 0 spiro atoms. The molecule has 1 aliphatic heterocycles. The molecule has 3 unspecified atom stereocenters. The van der Waals surface area contributed by atoms with Gasteiger partial charge in [-0.15, -0.1) is 0 Å². The molecule has 1 saturated heterocycles. The summed E-state index contributed by atoms with van der Waals surface area (Å²) < 4.78 is 1.19. The topological polar surface area (TPSA) is 29.3 Å². The van der Waals surface area contributed by atoms with E-state index in [4.69, 9.17) is 5.73 Å². The number of hydrogen-bond acceptors (Lipinski definition) is 2. The number of halogens is 1. The molecule has 0 aromatic heterocycles. The van der Waals surface area contributed by atoms with E-state index < -0.39 is 0 Å². The van der Waals surface area contributed by atoms with E-state index in [0.717, 1.165) is 12.5 Å². The molecule has 106 valence electrons. The summed E-state index contributed by atoms with van der Waals surface area (Å²) >= 11 is 3.71. The molecule has 0 saturated carbocycles. The zero-order chi connectivity index (χ0) is 14.0. The van der Waals surface area contributed by atoms with Crippen molar-refractivity contribution in [2.75, 3.05) is 13.1 Å². The van der Waals surface area contributed by atoms with Gasteiger partial charge in [-0.25, -0.2) is 0 Å². The molecule has 1 aromatic carbocycles. The van der Waals surface area contributed by atoms with Crippen LogP contribution in [0.5, 0.6) is 0 Å². The minimum absolute atomic E-state index is 0.327. The molecule has 3 atom stereocenters. The van der Waals surface area contributed by atoms with Gasteiger partial charge in [0.05, 0.1) is 0 Å². The average Bonchev–Trinajstić information content (AvgIpc) is 2.36. The highest BCUT2D eigenvalue weighted by Gasteiger charge is 2.30. The predicted molar refractivity (Wildman–Crippen MR) is 85.2 cm³/mol. The van der Waals surface area contributed by atoms with Crippen LogP contribution in [0.1, 0.15) is 43.9 Å². The summed E-state index contributed by atoms with van der Waals surface area (Å²) in [6.45, 7) is 8.63. The van der Waals surface area contributed by atoms with E-state index in [2.05, 4.69) is 59.8 Å². The third-order valence-corrected chi connectivity index (χ3v) is 4.99. The van der Waals surface area contributed by atoms with Crippen LogP contribution in [0.3, 0.4) is 0 Å². The summed E-state index contributed by atoms with van der Waals surface area (Å²) in [4.78, 5) is 2.59. The number of benzene rings is 1. The fourth-order valence-electron chi connectivity index (χ4n) is 3.10. The Bertz CT molecular complexity index is 433. The maximum atomic E-state index is 6.09. The van der Waals surface area contributed by atoms with Gasteiger partial charge >= 0.3 is 0 Å². The molecule has 0 aliphatic carbocycles. The quantitative estimate of drug-likeness (QED) is 0.914. The Morgan fingerprint density at radius 1 is 1.37 bits per heavy atom. The van der Waals surface area contributed by atoms with E-state index in [1.165, 1.54) is 28.4 Å². The fraction of sp³-hybridized carbons (Fsp3) is 0.625. The van der Waals surface area contributed by atoms with E-state index in [1.54, 1.807) is 0 Å². The van der Waals surface area contributed by atoms with Gasteiger partial charge in [-0.2, -0.15) is 0 Å². The van der Waals surface area contributed by atoms with Crippen LogP contribution >= 0.6 is 15.9 Å². The molecule has 0 radical (unpaired) electrons. The van der Waals surface area contributed by atoms with Crippen molar-refractivity contribution in [1.29, 1.82) is 0 Å². The summed E-state index contributed by atoms with van der Waals surface area (Å²) in [7, 11) is 0. The van der Waals surface area contributed by atoms with Crippen molar-refractivity contribution in [3.8, 4) is 0 Å². The van der Waals surface area contributed by atoms with E-state index in [1.807, 2.05) is 0 Å². The SMILES string of the molecule is Cc1ccc(C(CN)N2CC(C)CCC2C)c(Br)c1. The second-order valence-electron chi connectivity index (χ2n) is 6.00. The molecule has 0 amide bonds. The first-order valence-electron chi connectivity index (χ1n) is 7.24. The Kier molecular flexibility index (Phi) is 5.04. The second-order valence-corrected chi connectivity index (χ2v) is 6.86. The Morgan fingerprint density at radius 3 is 2.74 bits per heavy atom. The number of rotatable bonds is 3. The summed E-state index contributed by atoms with van der Waals surface area (Å²) in [5.41, 5.74) is 8.70. The van der Waals surface area contributed by atoms with Crippen LogP contribution in [0.25, 0.3) is 0 Å². The van der Waals surface area contributed by atoms with Crippen molar-refractivity contribution in [1.82, 2.24) is 4.90 Å². The first-order chi connectivity index (χ1) is 9.02. The summed E-state index contributed by atoms with van der Waals surface area (Å²) in [6.07, 6.45) is 2.62. The van der Waals surface area contributed by atoms with Gasteiger partial charge < -0.3 is 5.73 Å². The molecule has 2 nitrogen and oxygen atoms in total. The maximum absolute atomic E-state index is 6.09. The zero-order valence-electron chi connectivity index (χ0n) is 12.2. The first kappa shape index (κ1) is 15.0. The van der Waals surface area contributed by atoms with Crippen molar-refractivity contribution in [3.63, 3.8) is 0 Å². The molecule has 3 heteroatoms. The number of piperidine rings is 1. The lowest BCUT2D eigenvalue weighted by molar-refractivity contribution is 0.0795. The number of likely N-dealkylation sites (tertiary alicyclic amines) is 1. The highest BCUT2D eigenvalue weighted by atomic mass is 79.9. The Hall–Kier alpha value is -0.380. The van der Waals surface area contributed by atoms with Crippen LogP contribution < -0.4 is 5.73 Å². The lowest BCUT2D eigenvalue weighted by Crippen LogP contribution is -2.45. The molecule has 0 bridgehead atoms. The lowest BCUT2D eigenvalue weighted by atomic mass is 9.91. The number of hydrogen-bond donors (Lipinski definition) is 1. The normalized spacial score (nSPS) is 26.4. The molecular weight excluding hydrogens is 300 g/mol. The van der Waals surface area contributed by atoms with Gasteiger partial charge in [-0.3, -0.25) is 4.90 Å². The molecular formula is C16H25BrN2. The van der Waals surface area contributed by atoms with E-state index >= 15 is 0 Å². The zero-order valence-corrected chi connectivity index (χ0v) is 13.8. The van der Waals surface area contributed by atoms with Gasteiger partial charge in [-0.05, 0) is 49.8 Å². The predicted octanol–water partition coefficient (Wildman–Crippen LogP) is 3.88. The van der Waals surface area contributed by atoms with Gasteiger partial charge in [0.15, 0.2) is 0 Å². The Labute approximate surface area is 125 Å². The summed E-state index contributed by atoms with van der Waals surface area (Å²) in [5.74, 6) is 0.773. The highest BCUT2D eigenvalue weighted by Crippen LogP contribution is 2.33. The van der Waals surface area contributed by atoms with Gasteiger partial charge in [-0.1, -0.05) is 35.0 Å². The van der Waals surface area contributed by atoms with Crippen molar-refractivity contribution in [3.05, 3.63) is 33.8 Å². The van der Waals surface area contributed by atoms with Crippen LogP contribution in [0.2, 0.25) is 0 Å². The molecule has 1 aromatic rings. The van der Waals surface area contributed by atoms with E-state index in [-0.39, 0.29) is 0 Å². The maximum Gasteiger partial charge on any atom is 0.0484 e. The van der Waals surface area contributed by atoms with E-state index in [0.29, 0.717) is 18.6 Å². The second kappa shape index (κ2) is 6.38. The highest BCUT2D eigenvalue weighted by molar-refractivity contribution is 9.10. The molecule has 1 heterocycles. The first-order valence-corrected chi connectivity index (χ1v) is 8.04. The Morgan fingerprint density at radius 2 is 2.11 bits per heavy atom. The van der Waals surface area contributed by atoms with E-state index in [9.17, 15) is 0 Å². The Balaban J connectivity index is 2.27. The largest absolute Gasteiger partial charge is 0.329 e. The summed E-state index contributed by atoms with van der Waals surface area (Å²) in [5, 5.41) is 0. The fourth-order valence-corrected chi connectivity index (χ4v) is 3.86. The van der Waals surface area contributed by atoms with Gasteiger partial charge in [0.1, 0.15) is 0 Å². The third-order valence-electron chi connectivity index (χ3n) is 4.30. The molecule has 1 fully saturated rings. The number of nitrogens with two attached hydrogens (primary N) is 1. The molecule has 2 N–H and O–H groups in total. The number of aryl methyl sites for hydroxylation is 1. The van der Waals surface area contributed by atoms with Crippen LogP contribution in [0.15, 0.2) is 22.7 Å². The molecule has 2 rings (SSSR count). The smallest absolute Gasteiger partial charge is 0.0484 e. The van der Waals surface area contributed by atoms with Gasteiger partial charge in [0, 0.05) is 29.6 Å². The van der Waals surface area contributed by atoms with Crippen LogP contribution in [-0.4, -0.2) is 24.0 Å². The van der Waals surface area contributed by atoms with Crippen molar-refractivity contribution >= 4 is 15.9 Å².